The lowest BCUT2D eigenvalue weighted by Gasteiger charge is -2.41. The number of anilines is 1. The van der Waals surface area contributed by atoms with Crippen LogP contribution in [0, 0.1) is 6.92 Å². The lowest BCUT2D eigenvalue weighted by Crippen LogP contribution is -2.53. The zero-order valence-corrected chi connectivity index (χ0v) is 13.4. The quantitative estimate of drug-likeness (QED) is 0.857. The van der Waals surface area contributed by atoms with Crippen molar-refractivity contribution >= 4 is 16.5 Å². The van der Waals surface area contributed by atoms with Crippen LogP contribution in [0.25, 0.3) is 0 Å². The minimum Gasteiger partial charge on any atom is -0.377 e. The highest BCUT2D eigenvalue weighted by molar-refractivity contribution is 7.13. The number of hydrogen-bond donors (Lipinski definition) is 0. The number of ether oxygens (including phenoxy) is 1. The Labute approximate surface area is 125 Å². The van der Waals surface area contributed by atoms with Crippen LogP contribution in [-0.2, 0) is 4.74 Å². The molecule has 0 N–H and O–H groups in total. The summed E-state index contributed by atoms with van der Waals surface area (Å²) < 4.78 is 5.87. The molecular formula is C15H25N3OS. The second kappa shape index (κ2) is 6.41. The number of thiazole rings is 1. The molecule has 0 bridgehead atoms. The van der Waals surface area contributed by atoms with Crippen molar-refractivity contribution < 1.29 is 4.74 Å². The summed E-state index contributed by atoms with van der Waals surface area (Å²) in [6, 6.07) is 0.540. The monoisotopic (exact) mass is 295 g/mol. The van der Waals surface area contributed by atoms with Gasteiger partial charge in [0.25, 0.3) is 0 Å². The van der Waals surface area contributed by atoms with Crippen molar-refractivity contribution in [2.75, 3.05) is 37.7 Å². The molecule has 2 aliphatic heterocycles. The average molecular weight is 295 g/mol. The maximum atomic E-state index is 5.87. The minimum absolute atomic E-state index is 0.463. The van der Waals surface area contributed by atoms with Gasteiger partial charge in [-0.3, -0.25) is 4.90 Å². The fraction of sp³-hybridized carbons (Fsp3) is 0.800. The van der Waals surface area contributed by atoms with Crippen LogP contribution in [0.5, 0.6) is 0 Å². The van der Waals surface area contributed by atoms with Gasteiger partial charge in [-0.05, 0) is 33.1 Å². The Kier molecular flexibility index (Phi) is 4.58. The molecule has 0 radical (unpaired) electrons. The van der Waals surface area contributed by atoms with E-state index < -0.39 is 0 Å². The van der Waals surface area contributed by atoms with Gasteiger partial charge in [-0.2, -0.15) is 0 Å². The third kappa shape index (κ3) is 3.32. The standard InChI is InChI=1S/C15H25N3OS/c1-12-11-20-15(16-12)18-7-6-17(9-13(18)2)10-14-5-3-4-8-19-14/h11,13-14H,3-10H2,1-2H3/t13-,14+/m0/s1. The largest absolute Gasteiger partial charge is 0.377 e. The molecule has 2 saturated heterocycles. The maximum Gasteiger partial charge on any atom is 0.185 e. The molecule has 0 spiro atoms. The van der Waals surface area contributed by atoms with Gasteiger partial charge in [-0.1, -0.05) is 0 Å². The van der Waals surface area contributed by atoms with Crippen LogP contribution in [0.2, 0.25) is 0 Å². The lowest BCUT2D eigenvalue weighted by molar-refractivity contribution is -0.00823. The minimum atomic E-state index is 0.463. The summed E-state index contributed by atoms with van der Waals surface area (Å²) in [6.07, 6.45) is 4.27. The predicted octanol–water partition coefficient (Wildman–Crippen LogP) is 2.53. The summed E-state index contributed by atoms with van der Waals surface area (Å²) in [4.78, 5) is 9.65. The SMILES string of the molecule is Cc1csc(N2CCN(C[C@H]3CCCCO3)C[C@@H]2C)n1. The Hall–Kier alpha value is -0.650. The second-order valence-electron chi connectivity index (χ2n) is 6.06. The van der Waals surface area contributed by atoms with Gasteiger partial charge in [0, 0.05) is 44.2 Å². The Morgan fingerprint density at radius 1 is 1.40 bits per heavy atom. The van der Waals surface area contributed by atoms with Gasteiger partial charge >= 0.3 is 0 Å². The van der Waals surface area contributed by atoms with E-state index in [2.05, 4.69) is 34.0 Å². The highest BCUT2D eigenvalue weighted by Crippen LogP contribution is 2.25. The number of rotatable bonds is 3. The fourth-order valence-corrected chi connectivity index (χ4v) is 4.13. The predicted molar refractivity (Wildman–Crippen MR) is 83.7 cm³/mol. The molecule has 0 saturated carbocycles. The zero-order chi connectivity index (χ0) is 13.9. The number of hydrogen-bond acceptors (Lipinski definition) is 5. The Bertz CT molecular complexity index is 431. The van der Waals surface area contributed by atoms with Crippen LogP contribution in [0.1, 0.15) is 31.9 Å². The van der Waals surface area contributed by atoms with Gasteiger partial charge in [-0.25, -0.2) is 4.98 Å². The van der Waals surface area contributed by atoms with Crippen LogP contribution in [0.4, 0.5) is 5.13 Å². The topological polar surface area (TPSA) is 28.6 Å². The number of aryl methyl sites for hydroxylation is 1. The molecule has 3 heterocycles. The van der Waals surface area contributed by atoms with E-state index in [-0.39, 0.29) is 0 Å². The van der Waals surface area contributed by atoms with E-state index >= 15 is 0 Å². The molecule has 112 valence electrons. The highest BCUT2D eigenvalue weighted by atomic mass is 32.1. The summed E-state index contributed by atoms with van der Waals surface area (Å²) >= 11 is 1.77. The first-order valence-electron chi connectivity index (χ1n) is 7.75. The Morgan fingerprint density at radius 2 is 2.30 bits per heavy atom. The van der Waals surface area contributed by atoms with Gasteiger partial charge in [0.1, 0.15) is 0 Å². The number of piperazine rings is 1. The number of nitrogens with zero attached hydrogens (tertiary/aromatic N) is 3. The molecule has 20 heavy (non-hydrogen) atoms. The van der Waals surface area contributed by atoms with Gasteiger partial charge in [-0.15, -0.1) is 11.3 Å². The maximum absolute atomic E-state index is 5.87. The summed E-state index contributed by atoms with van der Waals surface area (Å²) in [5.41, 5.74) is 1.13. The van der Waals surface area contributed by atoms with Crippen molar-refractivity contribution in [3.05, 3.63) is 11.1 Å². The third-order valence-electron chi connectivity index (χ3n) is 4.30. The molecule has 0 amide bonds. The van der Waals surface area contributed by atoms with E-state index in [0.717, 1.165) is 38.5 Å². The molecule has 0 aliphatic carbocycles. The van der Waals surface area contributed by atoms with Gasteiger partial charge in [0.2, 0.25) is 0 Å². The van der Waals surface area contributed by atoms with Crippen LogP contribution < -0.4 is 4.90 Å². The zero-order valence-electron chi connectivity index (χ0n) is 12.5. The van der Waals surface area contributed by atoms with Crippen molar-refractivity contribution in [2.24, 2.45) is 0 Å². The third-order valence-corrected chi connectivity index (χ3v) is 5.30. The van der Waals surface area contributed by atoms with Crippen LogP contribution in [0.15, 0.2) is 5.38 Å². The molecule has 0 unspecified atom stereocenters. The van der Waals surface area contributed by atoms with Crippen LogP contribution in [0.3, 0.4) is 0 Å². The number of aromatic nitrogens is 1. The molecule has 1 aromatic rings. The lowest BCUT2D eigenvalue weighted by atomic mass is 10.1. The molecule has 3 rings (SSSR count). The summed E-state index contributed by atoms with van der Waals surface area (Å²) in [6.45, 7) is 9.78. The van der Waals surface area contributed by atoms with E-state index in [1.54, 1.807) is 11.3 Å². The van der Waals surface area contributed by atoms with E-state index in [4.69, 9.17) is 4.74 Å². The van der Waals surface area contributed by atoms with Crippen LogP contribution in [-0.4, -0.2) is 54.8 Å². The van der Waals surface area contributed by atoms with E-state index in [0.29, 0.717) is 12.1 Å². The first-order chi connectivity index (χ1) is 9.72. The van der Waals surface area contributed by atoms with E-state index in [1.807, 2.05) is 0 Å². The van der Waals surface area contributed by atoms with Crippen molar-refractivity contribution in [3.63, 3.8) is 0 Å². The molecule has 2 aliphatic rings. The molecular weight excluding hydrogens is 270 g/mol. The van der Waals surface area contributed by atoms with Gasteiger partial charge < -0.3 is 9.64 Å². The summed E-state index contributed by atoms with van der Waals surface area (Å²) in [5.74, 6) is 0. The highest BCUT2D eigenvalue weighted by Gasteiger charge is 2.27. The summed E-state index contributed by atoms with van der Waals surface area (Å²) in [5, 5.41) is 3.33. The van der Waals surface area contributed by atoms with E-state index in [1.165, 1.54) is 24.4 Å². The second-order valence-corrected chi connectivity index (χ2v) is 6.90. The smallest absolute Gasteiger partial charge is 0.185 e. The first kappa shape index (κ1) is 14.3. The van der Waals surface area contributed by atoms with Crippen LogP contribution >= 0.6 is 11.3 Å². The molecule has 2 atom stereocenters. The Morgan fingerprint density at radius 3 is 2.95 bits per heavy atom. The molecule has 4 nitrogen and oxygen atoms in total. The van der Waals surface area contributed by atoms with Crippen molar-refractivity contribution in [1.29, 1.82) is 0 Å². The van der Waals surface area contributed by atoms with Crippen molar-refractivity contribution in [2.45, 2.75) is 45.3 Å². The molecule has 5 heteroatoms. The first-order valence-corrected chi connectivity index (χ1v) is 8.63. The summed E-state index contributed by atoms with van der Waals surface area (Å²) in [7, 11) is 0. The van der Waals surface area contributed by atoms with Crippen molar-refractivity contribution in [3.8, 4) is 0 Å². The van der Waals surface area contributed by atoms with E-state index in [9.17, 15) is 0 Å². The molecule has 1 aromatic heterocycles. The van der Waals surface area contributed by atoms with Gasteiger partial charge in [0.15, 0.2) is 5.13 Å². The fourth-order valence-electron chi connectivity index (χ4n) is 3.20. The van der Waals surface area contributed by atoms with Crippen molar-refractivity contribution in [1.82, 2.24) is 9.88 Å². The molecule has 0 aromatic carbocycles. The molecule has 2 fully saturated rings. The van der Waals surface area contributed by atoms with Gasteiger partial charge in [0.05, 0.1) is 11.8 Å². The average Bonchev–Trinajstić information content (AvgIpc) is 2.86. The normalized spacial score (nSPS) is 28.8. The Balaban J connectivity index is 1.53.